The van der Waals surface area contributed by atoms with Crippen molar-refractivity contribution in [3.05, 3.63) is 12.3 Å². The van der Waals surface area contributed by atoms with E-state index < -0.39 is 0 Å². The van der Waals surface area contributed by atoms with Crippen LogP contribution in [0.4, 0.5) is 0 Å². The Balaban J connectivity index is 2.08. The summed E-state index contributed by atoms with van der Waals surface area (Å²) in [6, 6.07) is 0.313. The van der Waals surface area contributed by atoms with E-state index in [1.165, 1.54) is 12.8 Å². The van der Waals surface area contributed by atoms with Crippen molar-refractivity contribution >= 4 is 5.97 Å². The minimum Gasteiger partial charge on any atom is -0.468 e. The molecule has 0 spiro atoms. The molecule has 0 aliphatic carbocycles. The van der Waals surface area contributed by atoms with Crippen LogP contribution in [0.3, 0.4) is 0 Å². The molecular weight excluding hydrogens is 252 g/mol. The molecule has 4 heteroatoms. The fourth-order valence-electron chi connectivity index (χ4n) is 3.47. The van der Waals surface area contributed by atoms with Gasteiger partial charge in [0, 0.05) is 30.7 Å². The normalized spacial score (nSPS) is 30.0. The maximum absolute atomic E-state index is 11.9. The van der Waals surface area contributed by atoms with Crippen LogP contribution in [0.5, 0.6) is 0 Å². The van der Waals surface area contributed by atoms with Crippen molar-refractivity contribution < 1.29 is 9.53 Å². The number of carbonyl (C=O) groups excluding carboxylic acids is 1. The van der Waals surface area contributed by atoms with Crippen molar-refractivity contribution in [1.82, 2.24) is 10.2 Å². The summed E-state index contributed by atoms with van der Waals surface area (Å²) in [5.74, 6) is 0.205. The molecule has 3 fully saturated rings. The number of piperidine rings is 1. The Morgan fingerprint density at radius 3 is 2.70 bits per heavy atom. The van der Waals surface area contributed by atoms with E-state index in [9.17, 15) is 4.79 Å². The first-order valence-electron chi connectivity index (χ1n) is 7.57. The van der Waals surface area contributed by atoms with Crippen LogP contribution in [0.25, 0.3) is 0 Å². The zero-order valence-corrected chi connectivity index (χ0v) is 13.2. The summed E-state index contributed by atoms with van der Waals surface area (Å²) in [7, 11) is 1.47. The van der Waals surface area contributed by atoms with Gasteiger partial charge >= 0.3 is 5.97 Å². The molecule has 3 unspecified atom stereocenters. The van der Waals surface area contributed by atoms with Gasteiger partial charge in [0.2, 0.25) is 0 Å². The molecule has 0 amide bonds. The summed E-state index contributed by atoms with van der Waals surface area (Å²) in [6.45, 7) is 12.8. The lowest BCUT2D eigenvalue weighted by molar-refractivity contribution is -0.144. The predicted octanol–water partition coefficient (Wildman–Crippen LogP) is 2.16. The van der Waals surface area contributed by atoms with Gasteiger partial charge in [-0.25, -0.2) is 0 Å². The van der Waals surface area contributed by atoms with Crippen LogP contribution in [-0.2, 0) is 9.53 Å². The number of fused-ring (bicyclic) bond motifs is 4. The number of allylic oxidation sites excluding steroid dienone is 1. The van der Waals surface area contributed by atoms with E-state index in [0.29, 0.717) is 12.0 Å². The third-order valence-corrected chi connectivity index (χ3v) is 4.38. The number of nitrogens with one attached hydrogen (secondary N) is 1. The van der Waals surface area contributed by atoms with E-state index in [1.807, 2.05) is 0 Å². The van der Waals surface area contributed by atoms with Crippen LogP contribution < -0.4 is 5.32 Å². The number of ether oxygens (including phenoxy) is 1. The van der Waals surface area contributed by atoms with Crippen molar-refractivity contribution in [2.24, 2.45) is 11.3 Å². The van der Waals surface area contributed by atoms with Gasteiger partial charge in [0.15, 0.2) is 0 Å². The van der Waals surface area contributed by atoms with Crippen molar-refractivity contribution in [2.45, 2.75) is 52.1 Å². The summed E-state index contributed by atoms with van der Waals surface area (Å²) < 4.78 is 4.93. The zero-order valence-electron chi connectivity index (χ0n) is 13.2. The highest BCUT2D eigenvalue weighted by Gasteiger charge is 2.40. The molecule has 3 aliphatic rings. The van der Waals surface area contributed by atoms with Crippen LogP contribution in [0.1, 0.15) is 40.0 Å². The van der Waals surface area contributed by atoms with Gasteiger partial charge < -0.3 is 15.0 Å². The Hall–Kier alpha value is -1.03. The van der Waals surface area contributed by atoms with Crippen LogP contribution in [0.15, 0.2) is 12.3 Å². The van der Waals surface area contributed by atoms with Crippen molar-refractivity contribution in [3.63, 3.8) is 0 Å². The smallest absolute Gasteiger partial charge is 0.323 e. The lowest BCUT2D eigenvalue weighted by Gasteiger charge is -2.41. The molecule has 1 N–H and O–H groups in total. The summed E-state index contributed by atoms with van der Waals surface area (Å²) >= 11 is 0. The SMILES string of the molecule is C=C(CC(C)(C)C)N1CC2CCC1CNC2C(=O)OC. The maximum Gasteiger partial charge on any atom is 0.323 e. The summed E-state index contributed by atoms with van der Waals surface area (Å²) in [6.07, 6.45) is 3.23. The molecule has 0 aromatic rings. The van der Waals surface area contributed by atoms with Gasteiger partial charge in [-0.1, -0.05) is 27.4 Å². The number of hydrogen-bond donors (Lipinski definition) is 1. The highest BCUT2D eigenvalue weighted by atomic mass is 16.5. The van der Waals surface area contributed by atoms with Crippen LogP contribution in [0, 0.1) is 11.3 Å². The molecule has 0 aromatic carbocycles. The molecule has 3 rings (SSSR count). The van der Waals surface area contributed by atoms with Crippen molar-refractivity contribution in [1.29, 1.82) is 0 Å². The molecule has 114 valence electrons. The monoisotopic (exact) mass is 280 g/mol. The highest BCUT2D eigenvalue weighted by molar-refractivity contribution is 5.76. The number of hydrogen-bond acceptors (Lipinski definition) is 4. The lowest BCUT2D eigenvalue weighted by Crippen LogP contribution is -2.45. The van der Waals surface area contributed by atoms with Gasteiger partial charge in [0.1, 0.15) is 6.04 Å². The molecule has 0 radical (unpaired) electrons. The third kappa shape index (κ3) is 3.35. The number of carbonyl (C=O) groups is 1. The second-order valence-corrected chi connectivity index (χ2v) is 7.36. The van der Waals surface area contributed by atoms with Crippen molar-refractivity contribution in [3.8, 4) is 0 Å². The molecule has 3 atom stereocenters. The van der Waals surface area contributed by atoms with Crippen molar-refractivity contribution in [2.75, 3.05) is 20.2 Å². The predicted molar refractivity (Wildman–Crippen MR) is 80.2 cm³/mol. The summed E-state index contributed by atoms with van der Waals surface area (Å²) in [5, 5.41) is 3.38. The summed E-state index contributed by atoms with van der Waals surface area (Å²) in [5.41, 5.74) is 1.46. The Bertz CT molecular complexity index is 386. The standard InChI is InChI=1S/C16H28N2O2/c1-11(8-16(2,3)4)18-10-12-6-7-13(18)9-17-14(12)15(19)20-5/h12-14,17H,1,6-10H2,2-5H3. The number of rotatable bonds is 3. The van der Waals surface area contributed by atoms with E-state index in [-0.39, 0.29) is 17.4 Å². The van der Waals surface area contributed by atoms with E-state index in [1.54, 1.807) is 0 Å². The Morgan fingerprint density at radius 1 is 1.40 bits per heavy atom. The fraction of sp³-hybridized carbons (Fsp3) is 0.812. The minimum absolute atomic E-state index is 0.126. The molecule has 2 bridgehead atoms. The Kier molecular flexibility index (Phi) is 4.43. The topological polar surface area (TPSA) is 41.6 Å². The van der Waals surface area contributed by atoms with Gasteiger partial charge in [-0.05, 0) is 24.7 Å². The molecule has 3 heterocycles. The van der Waals surface area contributed by atoms with Crippen LogP contribution in [-0.4, -0.2) is 43.2 Å². The van der Waals surface area contributed by atoms with Gasteiger partial charge in [0.25, 0.3) is 0 Å². The molecule has 0 aromatic heterocycles. The average Bonchev–Trinajstić information content (AvgIpc) is 2.67. The lowest BCUT2D eigenvalue weighted by atomic mass is 9.86. The second kappa shape index (κ2) is 5.76. The maximum atomic E-state index is 11.9. The molecular formula is C16H28N2O2. The first kappa shape index (κ1) is 15.4. The average molecular weight is 280 g/mol. The van der Waals surface area contributed by atoms with Gasteiger partial charge in [-0.2, -0.15) is 0 Å². The second-order valence-electron chi connectivity index (χ2n) is 7.36. The molecule has 0 saturated carbocycles. The van der Waals surface area contributed by atoms with Gasteiger partial charge in [-0.3, -0.25) is 4.79 Å². The van der Waals surface area contributed by atoms with Crippen LogP contribution in [0.2, 0.25) is 0 Å². The van der Waals surface area contributed by atoms with E-state index in [2.05, 4.69) is 37.6 Å². The minimum atomic E-state index is -0.155. The van der Waals surface area contributed by atoms with Gasteiger partial charge in [0.05, 0.1) is 7.11 Å². The third-order valence-electron chi connectivity index (χ3n) is 4.38. The Labute approximate surface area is 122 Å². The van der Waals surface area contributed by atoms with E-state index in [0.717, 1.165) is 32.4 Å². The first-order chi connectivity index (χ1) is 9.31. The molecule has 4 nitrogen and oxygen atoms in total. The highest BCUT2D eigenvalue weighted by Crippen LogP contribution is 2.34. The first-order valence-corrected chi connectivity index (χ1v) is 7.57. The quantitative estimate of drug-likeness (QED) is 0.804. The summed E-state index contributed by atoms with van der Waals surface area (Å²) in [4.78, 5) is 14.3. The fourth-order valence-corrected chi connectivity index (χ4v) is 3.47. The Morgan fingerprint density at radius 2 is 2.10 bits per heavy atom. The van der Waals surface area contributed by atoms with Crippen LogP contribution >= 0.6 is 0 Å². The number of nitrogens with zero attached hydrogens (tertiary/aromatic N) is 1. The molecule has 3 aliphatic heterocycles. The molecule has 3 saturated heterocycles. The van der Waals surface area contributed by atoms with Gasteiger partial charge in [-0.15, -0.1) is 0 Å². The molecule has 20 heavy (non-hydrogen) atoms. The van der Waals surface area contributed by atoms with E-state index in [4.69, 9.17) is 4.74 Å². The number of esters is 1. The zero-order chi connectivity index (χ0) is 14.9. The largest absolute Gasteiger partial charge is 0.468 e. The number of methoxy groups -OCH3 is 1. The van der Waals surface area contributed by atoms with E-state index >= 15 is 0 Å².